The molecule has 1 saturated carbocycles. The Bertz CT molecular complexity index is 215. The van der Waals surface area contributed by atoms with Gasteiger partial charge in [-0.2, -0.15) is 0 Å². The highest BCUT2D eigenvalue weighted by molar-refractivity contribution is 5.81. The maximum absolute atomic E-state index is 12.1. The second kappa shape index (κ2) is 6.86. The molecule has 94 valence electrons. The third kappa shape index (κ3) is 3.46. The predicted molar refractivity (Wildman–Crippen MR) is 63.9 cm³/mol. The van der Waals surface area contributed by atoms with E-state index >= 15 is 0 Å². The van der Waals surface area contributed by atoms with Gasteiger partial charge in [0.15, 0.2) is 0 Å². The molecule has 0 aromatic carbocycles. The summed E-state index contributed by atoms with van der Waals surface area (Å²) < 4.78 is 0. The van der Waals surface area contributed by atoms with Crippen molar-refractivity contribution in [3.63, 3.8) is 0 Å². The Kier molecular flexibility index (Phi) is 5.77. The molecule has 3 N–H and O–H groups in total. The molecule has 1 amide bonds. The summed E-state index contributed by atoms with van der Waals surface area (Å²) in [5.74, 6) is 0.00319. The van der Waals surface area contributed by atoms with Crippen LogP contribution in [0.3, 0.4) is 0 Å². The van der Waals surface area contributed by atoms with Crippen molar-refractivity contribution in [3.8, 4) is 0 Å². The maximum Gasteiger partial charge on any atom is 0.239 e. The number of aliphatic hydroxyl groups is 1. The summed E-state index contributed by atoms with van der Waals surface area (Å²) in [4.78, 5) is 13.9. The van der Waals surface area contributed by atoms with Gasteiger partial charge in [-0.05, 0) is 19.3 Å². The summed E-state index contributed by atoms with van der Waals surface area (Å²) in [6.07, 6.45) is 6.40. The zero-order chi connectivity index (χ0) is 12.0. The van der Waals surface area contributed by atoms with Crippen molar-refractivity contribution < 1.29 is 9.90 Å². The summed E-state index contributed by atoms with van der Waals surface area (Å²) in [6, 6.07) is -0.112. The van der Waals surface area contributed by atoms with Gasteiger partial charge in [0.1, 0.15) is 0 Å². The second-order valence-electron chi connectivity index (χ2n) is 4.56. The molecule has 1 aliphatic rings. The summed E-state index contributed by atoms with van der Waals surface area (Å²) in [7, 11) is 0. The van der Waals surface area contributed by atoms with Crippen LogP contribution in [0.15, 0.2) is 0 Å². The van der Waals surface area contributed by atoms with E-state index in [0.29, 0.717) is 19.0 Å². The van der Waals surface area contributed by atoms with Gasteiger partial charge in [-0.25, -0.2) is 0 Å². The van der Waals surface area contributed by atoms with E-state index in [9.17, 15) is 4.79 Å². The summed E-state index contributed by atoms with van der Waals surface area (Å²) >= 11 is 0. The average Bonchev–Trinajstić information content (AvgIpc) is 2.35. The van der Waals surface area contributed by atoms with Crippen LogP contribution in [0.25, 0.3) is 0 Å². The van der Waals surface area contributed by atoms with Gasteiger partial charge in [-0.3, -0.25) is 4.79 Å². The molecular formula is C12H24N2O2. The van der Waals surface area contributed by atoms with Crippen molar-refractivity contribution in [2.75, 3.05) is 13.2 Å². The number of hydrogen-bond donors (Lipinski definition) is 2. The standard InChI is InChI=1S/C12H24N2O2/c1-2-11(13)12(16)14(8-9-15)10-6-4-3-5-7-10/h10-11,15H,2-9,13H2,1H3/t11-/m0/s1. The molecule has 0 aromatic rings. The number of carbonyl (C=O) groups excluding carboxylic acids is 1. The first-order valence-electron chi connectivity index (χ1n) is 6.37. The Balaban J connectivity index is 2.60. The number of amides is 1. The van der Waals surface area contributed by atoms with Crippen LogP contribution < -0.4 is 5.73 Å². The molecule has 0 unspecified atom stereocenters. The van der Waals surface area contributed by atoms with Crippen LogP contribution in [-0.4, -0.2) is 41.1 Å². The van der Waals surface area contributed by atoms with Crippen molar-refractivity contribution in [1.82, 2.24) is 4.90 Å². The predicted octanol–water partition coefficient (Wildman–Crippen LogP) is 0.877. The minimum Gasteiger partial charge on any atom is -0.395 e. The Morgan fingerprint density at radius 1 is 1.44 bits per heavy atom. The topological polar surface area (TPSA) is 66.6 Å². The normalized spacial score (nSPS) is 19.4. The summed E-state index contributed by atoms with van der Waals surface area (Å²) in [6.45, 7) is 2.37. The highest BCUT2D eigenvalue weighted by atomic mass is 16.3. The molecule has 0 aliphatic heterocycles. The van der Waals surface area contributed by atoms with E-state index in [1.165, 1.54) is 19.3 Å². The van der Waals surface area contributed by atoms with Crippen LogP contribution in [0.5, 0.6) is 0 Å². The van der Waals surface area contributed by atoms with Crippen LogP contribution in [-0.2, 0) is 4.79 Å². The summed E-state index contributed by atoms with van der Waals surface area (Å²) in [5, 5.41) is 9.04. The molecule has 0 aromatic heterocycles. The van der Waals surface area contributed by atoms with Crippen molar-refractivity contribution in [3.05, 3.63) is 0 Å². The zero-order valence-corrected chi connectivity index (χ0v) is 10.2. The molecule has 1 aliphatic carbocycles. The van der Waals surface area contributed by atoms with Gasteiger partial charge in [0.2, 0.25) is 5.91 Å². The fraction of sp³-hybridized carbons (Fsp3) is 0.917. The first-order chi connectivity index (χ1) is 7.70. The van der Waals surface area contributed by atoms with E-state index in [0.717, 1.165) is 12.8 Å². The number of nitrogens with zero attached hydrogens (tertiary/aromatic N) is 1. The number of rotatable bonds is 5. The lowest BCUT2D eigenvalue weighted by molar-refractivity contribution is -0.136. The van der Waals surface area contributed by atoms with E-state index in [1.807, 2.05) is 6.92 Å². The third-order valence-corrected chi connectivity index (χ3v) is 3.40. The van der Waals surface area contributed by atoms with E-state index < -0.39 is 6.04 Å². The highest BCUT2D eigenvalue weighted by Gasteiger charge is 2.27. The van der Waals surface area contributed by atoms with E-state index in [4.69, 9.17) is 10.8 Å². The molecule has 1 atom stereocenters. The van der Waals surface area contributed by atoms with E-state index in [2.05, 4.69) is 0 Å². The molecule has 4 nitrogen and oxygen atoms in total. The Labute approximate surface area is 97.8 Å². The molecule has 0 bridgehead atoms. The maximum atomic E-state index is 12.1. The molecule has 16 heavy (non-hydrogen) atoms. The molecular weight excluding hydrogens is 204 g/mol. The minimum atomic E-state index is -0.409. The van der Waals surface area contributed by atoms with Crippen molar-refractivity contribution in [2.24, 2.45) is 5.73 Å². The molecule has 0 spiro atoms. The van der Waals surface area contributed by atoms with Crippen molar-refractivity contribution in [2.45, 2.75) is 57.5 Å². The highest BCUT2D eigenvalue weighted by Crippen LogP contribution is 2.23. The summed E-state index contributed by atoms with van der Waals surface area (Å²) in [5.41, 5.74) is 5.78. The Morgan fingerprint density at radius 2 is 2.06 bits per heavy atom. The monoisotopic (exact) mass is 228 g/mol. The van der Waals surface area contributed by atoms with E-state index in [-0.39, 0.29) is 12.5 Å². The van der Waals surface area contributed by atoms with Gasteiger partial charge in [0, 0.05) is 12.6 Å². The fourth-order valence-corrected chi connectivity index (χ4v) is 2.36. The van der Waals surface area contributed by atoms with Crippen LogP contribution in [0.2, 0.25) is 0 Å². The second-order valence-corrected chi connectivity index (χ2v) is 4.56. The lowest BCUT2D eigenvalue weighted by atomic mass is 9.93. The lowest BCUT2D eigenvalue weighted by Crippen LogP contribution is -2.50. The molecule has 0 heterocycles. The Hall–Kier alpha value is -0.610. The number of carbonyl (C=O) groups is 1. The average molecular weight is 228 g/mol. The van der Waals surface area contributed by atoms with Crippen LogP contribution in [0.4, 0.5) is 0 Å². The van der Waals surface area contributed by atoms with Gasteiger partial charge in [-0.1, -0.05) is 26.2 Å². The van der Waals surface area contributed by atoms with Gasteiger partial charge >= 0.3 is 0 Å². The smallest absolute Gasteiger partial charge is 0.239 e. The van der Waals surface area contributed by atoms with Gasteiger partial charge < -0.3 is 15.7 Å². The van der Waals surface area contributed by atoms with E-state index in [1.54, 1.807) is 4.90 Å². The number of aliphatic hydroxyl groups excluding tert-OH is 1. The van der Waals surface area contributed by atoms with Gasteiger partial charge in [-0.15, -0.1) is 0 Å². The van der Waals surface area contributed by atoms with Crippen molar-refractivity contribution in [1.29, 1.82) is 0 Å². The first-order valence-corrected chi connectivity index (χ1v) is 6.37. The Morgan fingerprint density at radius 3 is 2.56 bits per heavy atom. The molecule has 0 saturated heterocycles. The van der Waals surface area contributed by atoms with Gasteiger partial charge in [0.25, 0.3) is 0 Å². The molecule has 1 rings (SSSR count). The SMILES string of the molecule is CC[C@H](N)C(=O)N(CCO)C1CCCCC1. The van der Waals surface area contributed by atoms with Gasteiger partial charge in [0.05, 0.1) is 12.6 Å². The van der Waals surface area contributed by atoms with Crippen LogP contribution >= 0.6 is 0 Å². The number of nitrogens with two attached hydrogens (primary N) is 1. The van der Waals surface area contributed by atoms with Crippen molar-refractivity contribution >= 4 is 5.91 Å². The van der Waals surface area contributed by atoms with Crippen LogP contribution in [0, 0.1) is 0 Å². The third-order valence-electron chi connectivity index (χ3n) is 3.40. The minimum absolute atomic E-state index is 0.00319. The molecule has 1 fully saturated rings. The number of hydrogen-bond acceptors (Lipinski definition) is 3. The first kappa shape index (κ1) is 13.5. The fourth-order valence-electron chi connectivity index (χ4n) is 2.36. The quantitative estimate of drug-likeness (QED) is 0.734. The largest absolute Gasteiger partial charge is 0.395 e. The van der Waals surface area contributed by atoms with Crippen LogP contribution in [0.1, 0.15) is 45.4 Å². The molecule has 0 radical (unpaired) electrons. The molecule has 4 heteroatoms. The lowest BCUT2D eigenvalue weighted by Gasteiger charge is -2.35. The zero-order valence-electron chi connectivity index (χ0n) is 10.2.